The van der Waals surface area contributed by atoms with Gasteiger partial charge < -0.3 is 37.9 Å². The van der Waals surface area contributed by atoms with Crippen LogP contribution in [0.1, 0.15) is 0 Å². The van der Waals surface area contributed by atoms with Crippen LogP contribution >= 0.6 is 0 Å². The molecule has 0 fully saturated rings. The molecule has 0 aromatic heterocycles. The Hall–Kier alpha value is 1.87. The SMILES string of the molecule is C[S-].C[S-].C[S-].[Sb+3]. The zero-order valence-electron chi connectivity index (χ0n) is 4.67. The second kappa shape index (κ2) is 106. The van der Waals surface area contributed by atoms with Crippen molar-refractivity contribution in [2.24, 2.45) is 0 Å². The Morgan fingerprint density at radius 1 is 0.571 bits per heavy atom. The quantitative estimate of drug-likeness (QED) is 0.449. The Morgan fingerprint density at radius 3 is 0.571 bits per heavy atom. The first-order valence-corrected chi connectivity index (χ1v) is 3.67. The van der Waals surface area contributed by atoms with Crippen molar-refractivity contribution in [3.05, 3.63) is 0 Å². The minimum Gasteiger partial charge on any atom is -0.796 e. The molecule has 0 aliphatic carbocycles. The van der Waals surface area contributed by atoms with Crippen LogP contribution in [0.4, 0.5) is 0 Å². The van der Waals surface area contributed by atoms with Crippen LogP contribution in [-0.4, -0.2) is 43.2 Å². The normalized spacial score (nSPS) is 2.57. The third kappa shape index (κ3) is 77.6. The molecule has 2 radical (unpaired) electrons. The third-order valence-electron chi connectivity index (χ3n) is 0. The van der Waals surface area contributed by atoms with E-state index in [-0.39, 0.29) is 24.4 Å². The fourth-order valence-electron chi connectivity index (χ4n) is 0. The Balaban J connectivity index is -0.00000000900. The summed E-state index contributed by atoms with van der Waals surface area (Å²) in [6.45, 7) is 0. The molecule has 0 aromatic rings. The summed E-state index contributed by atoms with van der Waals surface area (Å²) in [6, 6.07) is 0. The van der Waals surface area contributed by atoms with Gasteiger partial charge in [-0.1, -0.05) is 0 Å². The van der Waals surface area contributed by atoms with E-state index in [0.717, 1.165) is 0 Å². The molecule has 0 heterocycles. The molecule has 44 valence electrons. The second-order valence-electron chi connectivity index (χ2n) is 0. The van der Waals surface area contributed by atoms with Gasteiger partial charge in [-0.3, -0.25) is 0 Å². The Bertz CT molecular complexity index is 10.1. The van der Waals surface area contributed by atoms with Crippen LogP contribution in [0.3, 0.4) is 0 Å². The van der Waals surface area contributed by atoms with Gasteiger partial charge in [0.2, 0.25) is 0 Å². The monoisotopic (exact) mass is 262 g/mol. The molecule has 0 rings (SSSR count). The number of hydrogen-bond acceptors (Lipinski definition) is 3. The molecule has 0 aromatic carbocycles. The molecular weight excluding hydrogens is 254 g/mol. The van der Waals surface area contributed by atoms with Gasteiger partial charge in [-0.05, 0) is 0 Å². The Labute approximate surface area is 80.5 Å². The number of hydrogen-bond donors (Lipinski definition) is 0. The molecular formula is C3H9S3Sb. The van der Waals surface area contributed by atoms with E-state index in [1.165, 1.54) is 0 Å². The van der Waals surface area contributed by atoms with E-state index >= 15 is 0 Å². The van der Waals surface area contributed by atoms with E-state index in [1.54, 1.807) is 18.8 Å². The Morgan fingerprint density at radius 2 is 0.571 bits per heavy atom. The Kier molecular flexibility index (Phi) is 352. The van der Waals surface area contributed by atoms with Crippen LogP contribution in [-0.2, 0) is 37.9 Å². The predicted molar refractivity (Wildman–Crippen MR) is 45.6 cm³/mol. The summed E-state index contributed by atoms with van der Waals surface area (Å²) in [6.07, 6.45) is 4.75. The average Bonchev–Trinajstić information content (AvgIpc) is 1.81. The summed E-state index contributed by atoms with van der Waals surface area (Å²) < 4.78 is 0. The molecule has 0 nitrogen and oxygen atoms in total. The topological polar surface area (TPSA) is 0 Å². The van der Waals surface area contributed by atoms with Crippen molar-refractivity contribution in [3.63, 3.8) is 0 Å². The maximum Gasteiger partial charge on any atom is 3.00 e. The van der Waals surface area contributed by atoms with Crippen molar-refractivity contribution in [1.82, 2.24) is 0 Å². The van der Waals surface area contributed by atoms with Gasteiger partial charge in [0.05, 0.1) is 0 Å². The molecule has 0 amide bonds. The summed E-state index contributed by atoms with van der Waals surface area (Å²) in [4.78, 5) is 0. The summed E-state index contributed by atoms with van der Waals surface area (Å²) in [7, 11) is 0. The second-order valence-corrected chi connectivity index (χ2v) is 0. The largest absolute Gasteiger partial charge is 3.00 e. The van der Waals surface area contributed by atoms with Crippen LogP contribution in [0, 0.1) is 0 Å². The van der Waals surface area contributed by atoms with Gasteiger partial charge in [0, 0.05) is 0 Å². The molecule has 0 atom stereocenters. The van der Waals surface area contributed by atoms with Gasteiger partial charge in [0.1, 0.15) is 0 Å². The molecule has 0 saturated heterocycles. The molecule has 0 unspecified atom stereocenters. The zero-order chi connectivity index (χ0) is 6.00. The summed E-state index contributed by atoms with van der Waals surface area (Å²) in [5, 5.41) is 0. The molecule has 7 heavy (non-hydrogen) atoms. The van der Waals surface area contributed by atoms with Gasteiger partial charge in [-0.15, -0.1) is 0 Å². The maximum absolute atomic E-state index is 4.08. The van der Waals surface area contributed by atoms with Crippen molar-refractivity contribution in [1.29, 1.82) is 0 Å². The van der Waals surface area contributed by atoms with Crippen molar-refractivity contribution < 1.29 is 0 Å². The van der Waals surface area contributed by atoms with Crippen molar-refractivity contribution in [2.75, 3.05) is 18.8 Å². The zero-order valence-corrected chi connectivity index (χ0v) is 9.67. The summed E-state index contributed by atoms with van der Waals surface area (Å²) in [5.74, 6) is 0. The van der Waals surface area contributed by atoms with Crippen LogP contribution in [0.25, 0.3) is 0 Å². The molecule has 4 heteroatoms. The van der Waals surface area contributed by atoms with Gasteiger partial charge in [0.25, 0.3) is 0 Å². The van der Waals surface area contributed by atoms with E-state index in [1.807, 2.05) is 0 Å². The predicted octanol–water partition coefficient (Wildman–Crippen LogP) is 0.109. The summed E-state index contributed by atoms with van der Waals surface area (Å²) in [5.41, 5.74) is 0. The standard InChI is InChI=1S/3CH4S.Sb/c3*1-2;/h3*2H,1H3;/q;;;+3/p-3. The smallest absolute Gasteiger partial charge is 0.796 e. The van der Waals surface area contributed by atoms with Crippen LogP contribution in [0.2, 0.25) is 0 Å². The van der Waals surface area contributed by atoms with Crippen LogP contribution in [0.15, 0.2) is 0 Å². The molecule has 0 aliphatic heterocycles. The van der Waals surface area contributed by atoms with Crippen molar-refractivity contribution in [2.45, 2.75) is 0 Å². The van der Waals surface area contributed by atoms with Gasteiger partial charge >= 0.3 is 24.4 Å². The molecule has 0 aliphatic rings. The fourth-order valence-corrected chi connectivity index (χ4v) is 0. The van der Waals surface area contributed by atoms with Crippen LogP contribution < -0.4 is 0 Å². The van der Waals surface area contributed by atoms with Gasteiger partial charge in [-0.25, -0.2) is 0 Å². The van der Waals surface area contributed by atoms with Crippen LogP contribution in [0.5, 0.6) is 0 Å². The summed E-state index contributed by atoms with van der Waals surface area (Å²) >= 11 is 12.2. The first-order valence-electron chi connectivity index (χ1n) is 1.22. The van der Waals surface area contributed by atoms with E-state index in [9.17, 15) is 0 Å². The first kappa shape index (κ1) is 23.2. The van der Waals surface area contributed by atoms with Crippen molar-refractivity contribution in [3.8, 4) is 0 Å². The van der Waals surface area contributed by atoms with Gasteiger partial charge in [-0.2, -0.15) is 18.8 Å². The van der Waals surface area contributed by atoms with Gasteiger partial charge in [0.15, 0.2) is 0 Å². The molecule has 0 spiro atoms. The van der Waals surface area contributed by atoms with E-state index < -0.39 is 0 Å². The first-order chi connectivity index (χ1) is 3.00. The minimum atomic E-state index is 0. The number of rotatable bonds is 0. The third-order valence-corrected chi connectivity index (χ3v) is 0. The fraction of sp³-hybridized carbons (Fsp3) is 1.00. The molecule has 0 saturated carbocycles. The molecule has 0 bridgehead atoms. The minimum absolute atomic E-state index is 0. The van der Waals surface area contributed by atoms with E-state index in [4.69, 9.17) is 0 Å². The van der Waals surface area contributed by atoms with E-state index in [2.05, 4.69) is 37.9 Å². The maximum atomic E-state index is 4.08. The molecule has 0 N–H and O–H groups in total. The average molecular weight is 263 g/mol. The van der Waals surface area contributed by atoms with Crippen molar-refractivity contribution >= 4 is 62.3 Å². The van der Waals surface area contributed by atoms with E-state index in [0.29, 0.717) is 0 Å².